The number of hydrogen-bond acceptors (Lipinski definition) is 5. The first-order valence-electron chi connectivity index (χ1n) is 11.5. The van der Waals surface area contributed by atoms with E-state index in [1.54, 1.807) is 14.2 Å². The SMILES string of the molecule is COCCN1CC(NC(=O)Nc2cccc3oc4cc(OC)ccc4c23)[C@H](c2ccccc2)C1. The highest BCUT2D eigenvalue weighted by Gasteiger charge is 2.34. The third kappa shape index (κ3) is 4.44. The van der Waals surface area contributed by atoms with E-state index < -0.39 is 0 Å². The quantitative estimate of drug-likeness (QED) is 0.414. The lowest BCUT2D eigenvalue weighted by Crippen LogP contribution is -2.42. The number of nitrogens with zero attached hydrogens (tertiary/aromatic N) is 1. The molecule has 0 radical (unpaired) electrons. The highest BCUT2D eigenvalue weighted by Crippen LogP contribution is 2.36. The lowest BCUT2D eigenvalue weighted by Gasteiger charge is -2.20. The zero-order valence-electron chi connectivity index (χ0n) is 19.4. The molecule has 176 valence electrons. The molecule has 4 aromatic rings. The van der Waals surface area contributed by atoms with Crippen LogP contribution in [0.5, 0.6) is 5.75 Å². The smallest absolute Gasteiger partial charge is 0.319 e. The summed E-state index contributed by atoms with van der Waals surface area (Å²) < 4.78 is 16.6. The molecular formula is C27H29N3O4. The van der Waals surface area contributed by atoms with E-state index in [0.717, 1.165) is 47.3 Å². The predicted octanol–water partition coefficient (Wildman–Crippen LogP) is 4.83. The maximum absolute atomic E-state index is 13.2. The molecule has 2 atom stereocenters. The Labute approximate surface area is 198 Å². The van der Waals surface area contributed by atoms with Gasteiger partial charge in [0.1, 0.15) is 16.9 Å². The molecule has 2 N–H and O–H groups in total. The summed E-state index contributed by atoms with van der Waals surface area (Å²) in [6, 6.07) is 21.5. The number of carbonyl (C=O) groups excluding carboxylic acids is 1. The Hall–Kier alpha value is -3.55. The normalized spacial score (nSPS) is 18.4. The van der Waals surface area contributed by atoms with Crippen LogP contribution in [-0.4, -0.2) is 57.4 Å². The van der Waals surface area contributed by atoms with Crippen molar-refractivity contribution in [3.05, 3.63) is 72.3 Å². The van der Waals surface area contributed by atoms with E-state index >= 15 is 0 Å². The molecule has 34 heavy (non-hydrogen) atoms. The second-order valence-corrected chi connectivity index (χ2v) is 8.62. The Morgan fingerprint density at radius 1 is 1.03 bits per heavy atom. The van der Waals surface area contributed by atoms with Gasteiger partial charge in [-0.1, -0.05) is 36.4 Å². The lowest BCUT2D eigenvalue weighted by atomic mass is 9.94. The second-order valence-electron chi connectivity index (χ2n) is 8.62. The summed E-state index contributed by atoms with van der Waals surface area (Å²) in [6.07, 6.45) is 0. The fourth-order valence-corrected chi connectivity index (χ4v) is 4.84. The molecule has 7 heteroatoms. The maximum atomic E-state index is 13.2. The van der Waals surface area contributed by atoms with Gasteiger partial charge in [0.2, 0.25) is 0 Å². The van der Waals surface area contributed by atoms with Crippen molar-refractivity contribution in [2.24, 2.45) is 0 Å². The Kier molecular flexibility index (Phi) is 6.38. The minimum absolute atomic E-state index is 0.0104. The third-order valence-corrected chi connectivity index (χ3v) is 6.50. The summed E-state index contributed by atoms with van der Waals surface area (Å²) in [5, 5.41) is 8.10. The number of benzene rings is 3. The molecule has 2 heterocycles. The molecule has 7 nitrogen and oxygen atoms in total. The predicted molar refractivity (Wildman–Crippen MR) is 134 cm³/mol. The molecule has 0 spiro atoms. The molecule has 2 amide bonds. The summed E-state index contributed by atoms with van der Waals surface area (Å²) in [7, 11) is 3.34. The van der Waals surface area contributed by atoms with Gasteiger partial charge in [-0.3, -0.25) is 4.90 Å². The van der Waals surface area contributed by atoms with Gasteiger partial charge in [0.25, 0.3) is 0 Å². The second kappa shape index (κ2) is 9.75. The van der Waals surface area contributed by atoms with Crippen LogP contribution in [0.1, 0.15) is 11.5 Å². The first-order chi connectivity index (χ1) is 16.7. The van der Waals surface area contributed by atoms with E-state index in [1.807, 2.05) is 54.6 Å². The van der Waals surface area contributed by atoms with Gasteiger partial charge in [0.05, 0.1) is 30.8 Å². The standard InChI is InChI=1S/C27H29N3O4/c1-32-14-13-30-16-21(18-7-4-3-5-8-18)23(17-30)29-27(31)28-22-9-6-10-24-26(22)20-12-11-19(33-2)15-25(20)34-24/h3-12,15,21,23H,13-14,16-17H2,1-2H3,(H2,28,29,31)/t21-,23?/m0/s1. The molecule has 3 aromatic carbocycles. The van der Waals surface area contributed by atoms with E-state index in [-0.39, 0.29) is 18.0 Å². The van der Waals surface area contributed by atoms with Crippen LogP contribution in [0.2, 0.25) is 0 Å². The summed E-state index contributed by atoms with van der Waals surface area (Å²) in [5.41, 5.74) is 3.38. The van der Waals surface area contributed by atoms with Gasteiger partial charge in [-0.15, -0.1) is 0 Å². The van der Waals surface area contributed by atoms with Crippen LogP contribution in [0.4, 0.5) is 10.5 Å². The first kappa shape index (κ1) is 22.3. The molecule has 1 saturated heterocycles. The Bertz CT molecular complexity index is 1290. The number of amides is 2. The molecule has 0 bridgehead atoms. The van der Waals surface area contributed by atoms with Crippen LogP contribution >= 0.6 is 0 Å². The van der Waals surface area contributed by atoms with E-state index in [2.05, 4.69) is 27.7 Å². The Morgan fingerprint density at radius 2 is 1.88 bits per heavy atom. The van der Waals surface area contributed by atoms with Gasteiger partial charge in [0, 0.05) is 44.1 Å². The van der Waals surface area contributed by atoms with Crippen LogP contribution in [0, 0.1) is 0 Å². The molecule has 1 aromatic heterocycles. The van der Waals surface area contributed by atoms with Crippen molar-refractivity contribution < 1.29 is 18.7 Å². The van der Waals surface area contributed by atoms with Gasteiger partial charge >= 0.3 is 6.03 Å². The van der Waals surface area contributed by atoms with E-state index in [9.17, 15) is 4.79 Å². The molecular weight excluding hydrogens is 430 g/mol. The van der Waals surface area contributed by atoms with Crippen molar-refractivity contribution in [1.29, 1.82) is 0 Å². The Balaban J connectivity index is 1.37. The van der Waals surface area contributed by atoms with Gasteiger partial charge in [-0.05, 0) is 29.8 Å². The van der Waals surface area contributed by atoms with Crippen molar-refractivity contribution in [2.45, 2.75) is 12.0 Å². The van der Waals surface area contributed by atoms with Crippen molar-refractivity contribution >= 4 is 33.7 Å². The molecule has 0 aliphatic carbocycles. The first-order valence-corrected chi connectivity index (χ1v) is 11.5. The highest BCUT2D eigenvalue weighted by molar-refractivity contribution is 6.14. The molecule has 1 aliphatic heterocycles. The van der Waals surface area contributed by atoms with E-state index in [1.165, 1.54) is 5.56 Å². The van der Waals surface area contributed by atoms with Crippen LogP contribution in [-0.2, 0) is 4.74 Å². The zero-order valence-corrected chi connectivity index (χ0v) is 19.4. The topological polar surface area (TPSA) is 76.0 Å². The maximum Gasteiger partial charge on any atom is 0.319 e. The molecule has 5 rings (SSSR count). The number of nitrogens with one attached hydrogen (secondary N) is 2. The molecule has 1 fully saturated rings. The highest BCUT2D eigenvalue weighted by atomic mass is 16.5. The van der Waals surface area contributed by atoms with Crippen molar-refractivity contribution in [1.82, 2.24) is 10.2 Å². The number of rotatable bonds is 7. The average molecular weight is 460 g/mol. The number of likely N-dealkylation sites (tertiary alicyclic amines) is 1. The largest absolute Gasteiger partial charge is 0.497 e. The summed E-state index contributed by atoms with van der Waals surface area (Å²) in [4.78, 5) is 15.5. The van der Waals surface area contributed by atoms with Gasteiger partial charge in [-0.25, -0.2) is 4.79 Å². The number of urea groups is 1. The van der Waals surface area contributed by atoms with Crippen LogP contribution in [0.3, 0.4) is 0 Å². The average Bonchev–Trinajstić information content (AvgIpc) is 3.44. The number of furan rings is 1. The summed E-state index contributed by atoms with van der Waals surface area (Å²) in [5.74, 6) is 0.937. The zero-order chi connectivity index (χ0) is 23.5. The third-order valence-electron chi connectivity index (χ3n) is 6.50. The van der Waals surface area contributed by atoms with E-state index in [0.29, 0.717) is 12.3 Å². The van der Waals surface area contributed by atoms with Gasteiger partial charge in [0.15, 0.2) is 0 Å². The molecule has 0 saturated carbocycles. The number of carbonyl (C=O) groups is 1. The number of anilines is 1. The van der Waals surface area contributed by atoms with Crippen molar-refractivity contribution in [3.63, 3.8) is 0 Å². The van der Waals surface area contributed by atoms with Crippen LogP contribution in [0.25, 0.3) is 21.9 Å². The van der Waals surface area contributed by atoms with Crippen molar-refractivity contribution in [2.75, 3.05) is 45.8 Å². The number of fused-ring (bicyclic) bond motifs is 3. The van der Waals surface area contributed by atoms with Gasteiger partial charge in [-0.2, -0.15) is 0 Å². The Morgan fingerprint density at radius 3 is 2.68 bits per heavy atom. The number of ether oxygens (including phenoxy) is 2. The molecule has 1 unspecified atom stereocenters. The summed E-state index contributed by atoms with van der Waals surface area (Å²) >= 11 is 0. The van der Waals surface area contributed by atoms with Crippen LogP contribution < -0.4 is 15.4 Å². The van der Waals surface area contributed by atoms with Crippen molar-refractivity contribution in [3.8, 4) is 5.75 Å². The monoisotopic (exact) mass is 459 g/mol. The fraction of sp³-hybridized carbons (Fsp3) is 0.296. The fourth-order valence-electron chi connectivity index (χ4n) is 4.84. The summed E-state index contributed by atoms with van der Waals surface area (Å²) in [6.45, 7) is 3.15. The number of hydrogen-bond donors (Lipinski definition) is 2. The van der Waals surface area contributed by atoms with E-state index in [4.69, 9.17) is 13.9 Å². The number of methoxy groups -OCH3 is 2. The lowest BCUT2D eigenvalue weighted by molar-refractivity contribution is 0.159. The van der Waals surface area contributed by atoms with Crippen LogP contribution in [0.15, 0.2) is 71.1 Å². The minimum atomic E-state index is -0.227. The molecule has 1 aliphatic rings. The minimum Gasteiger partial charge on any atom is -0.497 e. The van der Waals surface area contributed by atoms with Gasteiger partial charge < -0.3 is 24.5 Å².